The molecule has 276 valence electrons. The fourth-order valence-corrected chi connectivity index (χ4v) is 6.55. The van der Waals surface area contributed by atoms with E-state index in [-0.39, 0.29) is 17.2 Å². The van der Waals surface area contributed by atoms with E-state index in [1.807, 2.05) is 27.0 Å². The molecule has 0 radical (unpaired) electrons. The van der Waals surface area contributed by atoms with E-state index >= 15 is 0 Å². The number of nitrogens with one attached hydrogen (secondary N) is 2. The summed E-state index contributed by atoms with van der Waals surface area (Å²) < 4.78 is 50.5. The van der Waals surface area contributed by atoms with Crippen molar-refractivity contribution in [3.63, 3.8) is 0 Å². The van der Waals surface area contributed by atoms with Gasteiger partial charge in [0.25, 0.3) is 11.8 Å². The Bertz CT molecular complexity index is 1970. The molecule has 2 aliphatic rings. The summed E-state index contributed by atoms with van der Waals surface area (Å²) in [7, 11) is 5.25. The van der Waals surface area contributed by atoms with Crippen LogP contribution in [-0.2, 0) is 32.1 Å². The lowest BCUT2D eigenvalue weighted by molar-refractivity contribution is -0.138. The van der Waals surface area contributed by atoms with Crippen LogP contribution >= 0.6 is 15.9 Å². The number of carbonyl (C=O) groups excluding carboxylic acids is 2. The summed E-state index contributed by atoms with van der Waals surface area (Å²) in [6, 6.07) is 12.5. The minimum atomic E-state index is -4.62. The van der Waals surface area contributed by atoms with Crippen molar-refractivity contribution >= 4 is 39.1 Å². The Balaban J connectivity index is 0.000000202. The van der Waals surface area contributed by atoms with Gasteiger partial charge in [-0.3, -0.25) is 19.6 Å². The third-order valence-corrected chi connectivity index (χ3v) is 9.48. The third-order valence-electron chi connectivity index (χ3n) is 8.86. The average Bonchev–Trinajstić information content (AvgIpc) is 3.09. The highest BCUT2D eigenvalue weighted by Crippen LogP contribution is 2.37. The van der Waals surface area contributed by atoms with Crippen molar-refractivity contribution < 1.29 is 32.2 Å². The van der Waals surface area contributed by atoms with Crippen molar-refractivity contribution in [1.82, 2.24) is 19.8 Å². The first kappa shape index (κ1) is 38.7. The Morgan fingerprint density at radius 3 is 1.73 bits per heavy atom. The Hall–Kier alpha value is -4.53. The number of anilines is 2. The fraction of sp³-hybridized carbons (Fsp3) is 0.368. The lowest BCUT2D eigenvalue weighted by atomic mass is 10.0. The molecule has 0 saturated heterocycles. The molecule has 0 atom stereocenters. The molecule has 2 aliphatic heterocycles. The lowest BCUT2D eigenvalue weighted by Crippen LogP contribution is -2.28. The van der Waals surface area contributed by atoms with Gasteiger partial charge in [0.15, 0.2) is 0 Å². The summed E-state index contributed by atoms with van der Waals surface area (Å²) in [4.78, 5) is 38.7. The average molecular weight is 784 g/mol. The monoisotopic (exact) mass is 782 g/mol. The molecule has 4 heterocycles. The van der Waals surface area contributed by atoms with Gasteiger partial charge < -0.3 is 29.9 Å². The first-order valence-electron chi connectivity index (χ1n) is 16.8. The van der Waals surface area contributed by atoms with Gasteiger partial charge in [-0.1, -0.05) is 0 Å². The quantitative estimate of drug-likeness (QED) is 0.199. The van der Waals surface area contributed by atoms with Gasteiger partial charge >= 0.3 is 6.18 Å². The largest absolute Gasteiger partial charge is 0.496 e. The molecule has 2 amide bonds. The van der Waals surface area contributed by atoms with E-state index in [4.69, 9.17) is 9.47 Å². The van der Waals surface area contributed by atoms with Crippen LogP contribution in [0.1, 0.15) is 67.1 Å². The van der Waals surface area contributed by atoms with Crippen molar-refractivity contribution in [1.29, 1.82) is 0 Å². The zero-order chi connectivity index (χ0) is 37.7. The second kappa shape index (κ2) is 16.4. The smallest absolute Gasteiger partial charge is 0.419 e. The van der Waals surface area contributed by atoms with Gasteiger partial charge in [-0.2, -0.15) is 13.2 Å². The highest BCUT2D eigenvalue weighted by atomic mass is 79.9. The fourth-order valence-electron chi connectivity index (χ4n) is 6.06. The summed E-state index contributed by atoms with van der Waals surface area (Å²) in [6.07, 6.45) is -2.84. The first-order chi connectivity index (χ1) is 24.7. The number of halogens is 4. The molecule has 0 aliphatic carbocycles. The van der Waals surface area contributed by atoms with Crippen LogP contribution in [0.3, 0.4) is 0 Å². The lowest BCUT2D eigenvalue weighted by Gasteiger charge is -2.25. The third kappa shape index (κ3) is 9.27. The van der Waals surface area contributed by atoms with Gasteiger partial charge in [-0.15, -0.1) is 0 Å². The van der Waals surface area contributed by atoms with Crippen LogP contribution in [0.4, 0.5) is 24.5 Å². The second-order valence-electron chi connectivity index (χ2n) is 12.8. The number of methoxy groups -OCH3 is 1. The second-order valence-corrected chi connectivity index (χ2v) is 13.7. The summed E-state index contributed by atoms with van der Waals surface area (Å²) in [5.74, 6) is -0.377. The number of ether oxygens (including phenoxy) is 2. The Morgan fingerprint density at radius 2 is 1.29 bits per heavy atom. The normalized spacial score (nSPS) is 14.3. The zero-order valence-corrected chi connectivity index (χ0v) is 31.6. The molecule has 14 heteroatoms. The Labute approximate surface area is 309 Å². The number of carbonyl (C=O) groups is 2. The van der Waals surface area contributed by atoms with Crippen LogP contribution < -0.4 is 20.1 Å². The number of aryl methyl sites for hydroxylation is 2. The molecule has 2 aromatic heterocycles. The molecule has 0 saturated carbocycles. The summed E-state index contributed by atoms with van der Waals surface area (Å²) >= 11 is 3.45. The number of hydrogen-bond acceptors (Lipinski definition) is 8. The number of alkyl halides is 3. The van der Waals surface area contributed by atoms with Crippen LogP contribution in [0.25, 0.3) is 0 Å². The maximum absolute atomic E-state index is 13.2. The molecule has 6 rings (SSSR count). The summed E-state index contributed by atoms with van der Waals surface area (Å²) in [6.45, 7) is 9.72. The van der Waals surface area contributed by atoms with Gasteiger partial charge in [-0.25, -0.2) is 0 Å². The minimum absolute atomic E-state index is 0.0997. The zero-order valence-electron chi connectivity index (χ0n) is 30.0. The van der Waals surface area contributed by atoms with E-state index in [1.54, 1.807) is 25.1 Å². The van der Waals surface area contributed by atoms with Gasteiger partial charge in [-0.05, 0) is 110 Å². The standard InChI is InChI=1S/C19H22BrN3O2.C19H20F3N3O2/c1-4-25-18-6-5-13(9-15(18)20)19(24)22-17-10-14-11-23(3)8-7-16(14)21-12(17)2;1-11-16(9-13-10-25(2)7-6-15(13)23-11)24-18(26)12-4-5-17(27-3)14(8-12)19(20,21)22/h5-6,9-10H,4,7-8,11H2,1-3H3,(H,22,24);4-5,8-9H,6-7,10H2,1-3H3,(H,24,26). The molecule has 10 nitrogen and oxygen atoms in total. The molecule has 0 unspecified atom stereocenters. The maximum atomic E-state index is 13.2. The van der Waals surface area contributed by atoms with E-state index in [1.165, 1.54) is 11.6 Å². The van der Waals surface area contributed by atoms with Gasteiger partial charge in [0.05, 0.1) is 46.5 Å². The molecular formula is C38H42BrF3N6O4. The van der Waals surface area contributed by atoms with Gasteiger partial charge in [0, 0.05) is 61.5 Å². The molecule has 0 bridgehead atoms. The molecular weight excluding hydrogens is 741 g/mol. The molecule has 2 N–H and O–H groups in total. The van der Waals surface area contributed by atoms with Gasteiger partial charge in [0.2, 0.25) is 0 Å². The van der Waals surface area contributed by atoms with Gasteiger partial charge in [0.1, 0.15) is 11.5 Å². The number of nitrogens with zero attached hydrogens (tertiary/aromatic N) is 4. The van der Waals surface area contributed by atoms with Crippen molar-refractivity contribution in [2.24, 2.45) is 0 Å². The number of benzene rings is 2. The summed E-state index contributed by atoms with van der Waals surface area (Å²) in [5, 5.41) is 5.67. The number of amides is 2. The van der Waals surface area contributed by atoms with Crippen molar-refractivity contribution in [2.45, 2.75) is 52.9 Å². The SMILES string of the molecule is CCOc1ccc(C(=O)Nc2cc3c(nc2C)CCN(C)C3)cc1Br.COc1ccc(C(=O)Nc2cc3c(nc2C)CCN(C)C3)cc1C(F)(F)F. The van der Waals surface area contributed by atoms with Crippen LogP contribution in [0.15, 0.2) is 53.0 Å². The van der Waals surface area contributed by atoms with Crippen LogP contribution in [-0.4, -0.2) is 72.5 Å². The minimum Gasteiger partial charge on any atom is -0.496 e. The molecule has 0 spiro atoms. The van der Waals surface area contributed by atoms with Crippen molar-refractivity contribution in [2.75, 3.05) is 51.5 Å². The highest BCUT2D eigenvalue weighted by molar-refractivity contribution is 9.10. The number of pyridine rings is 2. The molecule has 0 fully saturated rings. The van der Waals surface area contributed by atoms with E-state index < -0.39 is 17.6 Å². The molecule has 52 heavy (non-hydrogen) atoms. The highest BCUT2D eigenvalue weighted by Gasteiger charge is 2.35. The maximum Gasteiger partial charge on any atom is 0.419 e. The molecule has 2 aromatic carbocycles. The number of rotatable bonds is 7. The van der Waals surface area contributed by atoms with E-state index in [0.717, 1.165) is 90.3 Å². The first-order valence-corrected chi connectivity index (χ1v) is 17.6. The number of likely N-dealkylation sites (N-methyl/N-ethyl adjacent to an activating group) is 2. The van der Waals surface area contributed by atoms with Crippen LogP contribution in [0.5, 0.6) is 11.5 Å². The van der Waals surface area contributed by atoms with E-state index in [0.29, 0.717) is 30.1 Å². The van der Waals surface area contributed by atoms with Crippen molar-refractivity contribution in [3.05, 3.63) is 104 Å². The summed E-state index contributed by atoms with van der Waals surface area (Å²) in [5.41, 5.74) is 6.56. The van der Waals surface area contributed by atoms with Crippen LogP contribution in [0, 0.1) is 13.8 Å². The number of fused-ring (bicyclic) bond motifs is 2. The Kier molecular flexibility index (Phi) is 12.2. The van der Waals surface area contributed by atoms with Crippen molar-refractivity contribution in [3.8, 4) is 11.5 Å². The Morgan fingerprint density at radius 1 is 0.808 bits per heavy atom. The number of hydrogen-bond donors (Lipinski definition) is 2. The van der Waals surface area contributed by atoms with E-state index in [2.05, 4.69) is 59.4 Å². The van der Waals surface area contributed by atoms with Crippen LogP contribution in [0.2, 0.25) is 0 Å². The topological polar surface area (TPSA) is 109 Å². The molecule has 4 aromatic rings. The predicted octanol–water partition coefficient (Wildman–Crippen LogP) is 7.45. The predicted molar refractivity (Wildman–Crippen MR) is 197 cm³/mol. The van der Waals surface area contributed by atoms with E-state index in [9.17, 15) is 22.8 Å². The number of aromatic nitrogens is 2.